The predicted molar refractivity (Wildman–Crippen MR) is 75.7 cm³/mol. The molecule has 3 nitrogen and oxygen atoms in total. The molecule has 94 valence electrons. The smallest absolute Gasteiger partial charge is 0.148 e. The van der Waals surface area contributed by atoms with Crippen LogP contribution in [0, 0.1) is 13.8 Å². The summed E-state index contributed by atoms with van der Waals surface area (Å²) in [6.45, 7) is 8.36. The van der Waals surface area contributed by atoms with Crippen LogP contribution in [-0.4, -0.2) is 16.2 Å². The first kappa shape index (κ1) is 12.6. The van der Waals surface area contributed by atoms with E-state index in [9.17, 15) is 0 Å². The minimum absolute atomic E-state index is 0.367. The third-order valence-electron chi connectivity index (χ3n) is 2.76. The molecule has 0 bridgehead atoms. The Morgan fingerprint density at radius 1 is 1.00 bits per heavy atom. The first-order valence-electron chi connectivity index (χ1n) is 6.24. The fourth-order valence-corrected chi connectivity index (χ4v) is 1.95. The Balaban J connectivity index is 2.28. The molecule has 0 aliphatic rings. The number of aromatic nitrogens is 2. The molecule has 0 aliphatic carbocycles. The zero-order valence-corrected chi connectivity index (χ0v) is 11.4. The molecular formula is C15H19N3. The normalized spacial score (nSPS) is 10.7. The van der Waals surface area contributed by atoms with Gasteiger partial charge in [0.25, 0.3) is 0 Å². The van der Waals surface area contributed by atoms with E-state index in [0.717, 1.165) is 17.1 Å². The summed E-state index contributed by atoms with van der Waals surface area (Å²) < 4.78 is 0. The van der Waals surface area contributed by atoms with Gasteiger partial charge in [0, 0.05) is 11.6 Å². The summed E-state index contributed by atoms with van der Waals surface area (Å²) >= 11 is 0. The highest BCUT2D eigenvalue weighted by Crippen LogP contribution is 2.22. The van der Waals surface area contributed by atoms with E-state index < -0.39 is 0 Å². The van der Waals surface area contributed by atoms with Crippen LogP contribution in [0.4, 0.5) is 5.82 Å². The Hall–Kier alpha value is -1.90. The zero-order chi connectivity index (χ0) is 13.1. The van der Waals surface area contributed by atoms with E-state index in [4.69, 9.17) is 0 Å². The summed E-state index contributed by atoms with van der Waals surface area (Å²) in [6, 6.07) is 10.7. The summed E-state index contributed by atoms with van der Waals surface area (Å²) in [5, 5.41) is 11.7. The van der Waals surface area contributed by atoms with Gasteiger partial charge in [-0.1, -0.05) is 23.8 Å². The standard InChI is InChI=1S/C15H19N3/c1-10(2)16-15-8-7-14(17-18-15)13-6-5-11(3)9-12(13)4/h5-10H,1-4H3,(H,16,18). The number of hydrogen-bond acceptors (Lipinski definition) is 3. The number of benzene rings is 1. The van der Waals surface area contributed by atoms with Gasteiger partial charge < -0.3 is 5.32 Å². The van der Waals surface area contributed by atoms with Crippen molar-refractivity contribution >= 4 is 5.82 Å². The summed E-state index contributed by atoms with van der Waals surface area (Å²) in [7, 11) is 0. The molecule has 0 saturated carbocycles. The van der Waals surface area contributed by atoms with Gasteiger partial charge in [0.05, 0.1) is 5.69 Å². The number of nitrogens with zero attached hydrogens (tertiary/aromatic N) is 2. The van der Waals surface area contributed by atoms with Gasteiger partial charge in [0.1, 0.15) is 5.82 Å². The van der Waals surface area contributed by atoms with Crippen LogP contribution in [-0.2, 0) is 0 Å². The van der Waals surface area contributed by atoms with Gasteiger partial charge in [-0.05, 0) is 45.4 Å². The molecule has 0 saturated heterocycles. The first-order valence-corrected chi connectivity index (χ1v) is 6.24. The van der Waals surface area contributed by atoms with Crippen LogP contribution in [0.1, 0.15) is 25.0 Å². The van der Waals surface area contributed by atoms with E-state index in [1.54, 1.807) is 0 Å². The van der Waals surface area contributed by atoms with Gasteiger partial charge in [0.2, 0.25) is 0 Å². The molecule has 1 heterocycles. The molecule has 2 aromatic rings. The molecule has 0 spiro atoms. The van der Waals surface area contributed by atoms with Gasteiger partial charge in [0.15, 0.2) is 0 Å². The number of rotatable bonds is 3. The van der Waals surface area contributed by atoms with E-state index in [2.05, 4.69) is 61.4 Å². The largest absolute Gasteiger partial charge is 0.366 e. The van der Waals surface area contributed by atoms with Crippen LogP contribution in [0.15, 0.2) is 30.3 Å². The topological polar surface area (TPSA) is 37.8 Å². The summed E-state index contributed by atoms with van der Waals surface area (Å²) in [5.41, 5.74) is 4.56. The lowest BCUT2D eigenvalue weighted by Crippen LogP contribution is -2.11. The lowest BCUT2D eigenvalue weighted by molar-refractivity contribution is 0.874. The molecule has 2 rings (SSSR count). The maximum absolute atomic E-state index is 4.28. The van der Waals surface area contributed by atoms with Crippen LogP contribution in [0.2, 0.25) is 0 Å². The molecule has 1 aromatic carbocycles. The van der Waals surface area contributed by atoms with E-state index in [0.29, 0.717) is 6.04 Å². The second kappa shape index (κ2) is 5.17. The molecule has 1 aromatic heterocycles. The molecule has 3 heteroatoms. The average Bonchev–Trinajstić information content (AvgIpc) is 2.30. The minimum atomic E-state index is 0.367. The van der Waals surface area contributed by atoms with Gasteiger partial charge >= 0.3 is 0 Å². The highest BCUT2D eigenvalue weighted by molar-refractivity contribution is 5.64. The predicted octanol–water partition coefficient (Wildman–Crippen LogP) is 3.58. The lowest BCUT2D eigenvalue weighted by atomic mass is 10.0. The number of hydrogen-bond donors (Lipinski definition) is 1. The maximum atomic E-state index is 4.28. The molecule has 18 heavy (non-hydrogen) atoms. The average molecular weight is 241 g/mol. The van der Waals surface area contributed by atoms with E-state index >= 15 is 0 Å². The Morgan fingerprint density at radius 2 is 1.78 bits per heavy atom. The highest BCUT2D eigenvalue weighted by Gasteiger charge is 2.05. The zero-order valence-electron chi connectivity index (χ0n) is 11.4. The Bertz CT molecular complexity index is 530. The third-order valence-corrected chi connectivity index (χ3v) is 2.76. The van der Waals surface area contributed by atoms with Crippen LogP contribution in [0.3, 0.4) is 0 Å². The van der Waals surface area contributed by atoms with Crippen LogP contribution >= 0.6 is 0 Å². The maximum Gasteiger partial charge on any atom is 0.148 e. The fourth-order valence-electron chi connectivity index (χ4n) is 1.95. The Labute approximate surface area is 108 Å². The molecule has 1 N–H and O–H groups in total. The molecule has 0 fully saturated rings. The minimum Gasteiger partial charge on any atom is -0.366 e. The second-order valence-electron chi connectivity index (χ2n) is 4.92. The fraction of sp³-hybridized carbons (Fsp3) is 0.333. The van der Waals surface area contributed by atoms with E-state index in [1.807, 2.05) is 12.1 Å². The Morgan fingerprint density at radius 3 is 2.33 bits per heavy atom. The summed E-state index contributed by atoms with van der Waals surface area (Å²) in [4.78, 5) is 0. The molecule has 0 aliphatic heterocycles. The first-order chi connectivity index (χ1) is 8.56. The van der Waals surface area contributed by atoms with Crippen molar-refractivity contribution in [2.45, 2.75) is 33.7 Å². The van der Waals surface area contributed by atoms with E-state index in [-0.39, 0.29) is 0 Å². The number of anilines is 1. The van der Waals surface area contributed by atoms with Crippen molar-refractivity contribution in [2.75, 3.05) is 5.32 Å². The van der Waals surface area contributed by atoms with Gasteiger partial charge in [-0.2, -0.15) is 0 Å². The van der Waals surface area contributed by atoms with E-state index in [1.165, 1.54) is 11.1 Å². The van der Waals surface area contributed by atoms with Gasteiger partial charge in [-0.25, -0.2) is 0 Å². The lowest BCUT2D eigenvalue weighted by Gasteiger charge is -2.09. The second-order valence-corrected chi connectivity index (χ2v) is 4.92. The number of aryl methyl sites for hydroxylation is 2. The van der Waals surface area contributed by atoms with Gasteiger partial charge in [-0.15, -0.1) is 10.2 Å². The van der Waals surface area contributed by atoms with Crippen LogP contribution in [0.5, 0.6) is 0 Å². The molecule has 0 unspecified atom stereocenters. The molecule has 0 atom stereocenters. The summed E-state index contributed by atoms with van der Waals surface area (Å²) in [6.07, 6.45) is 0. The van der Waals surface area contributed by atoms with Gasteiger partial charge in [-0.3, -0.25) is 0 Å². The van der Waals surface area contributed by atoms with Crippen molar-refractivity contribution in [3.05, 3.63) is 41.5 Å². The van der Waals surface area contributed by atoms with Crippen molar-refractivity contribution in [1.82, 2.24) is 10.2 Å². The summed E-state index contributed by atoms with van der Waals surface area (Å²) in [5.74, 6) is 0.818. The van der Waals surface area contributed by atoms with Crippen molar-refractivity contribution in [2.24, 2.45) is 0 Å². The molecular weight excluding hydrogens is 222 g/mol. The van der Waals surface area contributed by atoms with Crippen LogP contribution in [0.25, 0.3) is 11.3 Å². The Kier molecular flexibility index (Phi) is 3.60. The third kappa shape index (κ3) is 2.86. The van der Waals surface area contributed by atoms with Crippen LogP contribution < -0.4 is 5.32 Å². The highest BCUT2D eigenvalue weighted by atomic mass is 15.2. The van der Waals surface area contributed by atoms with Crippen molar-refractivity contribution in [3.63, 3.8) is 0 Å². The quantitative estimate of drug-likeness (QED) is 0.892. The number of nitrogens with one attached hydrogen (secondary N) is 1. The molecule has 0 radical (unpaired) electrons. The van der Waals surface area contributed by atoms with Crippen molar-refractivity contribution in [3.8, 4) is 11.3 Å². The molecule has 0 amide bonds. The van der Waals surface area contributed by atoms with Crippen molar-refractivity contribution in [1.29, 1.82) is 0 Å². The SMILES string of the molecule is Cc1ccc(-c2ccc(NC(C)C)nn2)c(C)c1. The monoisotopic (exact) mass is 241 g/mol. The van der Waals surface area contributed by atoms with Crippen molar-refractivity contribution < 1.29 is 0 Å².